The minimum Gasteiger partial charge on any atom is -0.353 e. The van der Waals surface area contributed by atoms with Crippen LogP contribution >= 0.6 is 15.9 Å². The summed E-state index contributed by atoms with van der Waals surface area (Å²) in [6, 6.07) is 7.59. The minimum atomic E-state index is -0.632. The molecule has 2 fully saturated rings. The molecule has 3 amide bonds. The maximum Gasteiger partial charge on any atom is 0.239 e. The van der Waals surface area contributed by atoms with Gasteiger partial charge in [0.05, 0.1) is 5.69 Å². The number of hydrogen-bond donors (Lipinski definition) is 1. The lowest BCUT2D eigenvalue weighted by molar-refractivity contribution is -0.133. The van der Waals surface area contributed by atoms with Crippen LogP contribution in [0.4, 0.5) is 5.69 Å². The van der Waals surface area contributed by atoms with Gasteiger partial charge in [-0.2, -0.15) is 0 Å². The monoisotopic (exact) mass is 449 g/mol. The number of rotatable bonds is 5. The van der Waals surface area contributed by atoms with Crippen molar-refractivity contribution in [3.8, 4) is 0 Å². The van der Waals surface area contributed by atoms with Gasteiger partial charge >= 0.3 is 0 Å². The number of amides is 3. The molecule has 0 bridgehead atoms. The first-order valence-corrected chi connectivity index (χ1v) is 10.8. The fourth-order valence-corrected chi connectivity index (χ4v) is 4.39. The Morgan fingerprint density at radius 2 is 1.82 bits per heavy atom. The van der Waals surface area contributed by atoms with Gasteiger partial charge in [-0.3, -0.25) is 14.4 Å². The van der Waals surface area contributed by atoms with E-state index < -0.39 is 5.92 Å². The molecule has 2 saturated heterocycles. The van der Waals surface area contributed by atoms with Gasteiger partial charge in [-0.15, -0.1) is 0 Å². The summed E-state index contributed by atoms with van der Waals surface area (Å²) >= 11 is 3.48. The molecule has 0 saturated carbocycles. The van der Waals surface area contributed by atoms with E-state index in [0.717, 1.165) is 23.0 Å². The second kappa shape index (κ2) is 9.07. The van der Waals surface area contributed by atoms with Gasteiger partial charge in [0.25, 0.3) is 0 Å². The van der Waals surface area contributed by atoms with Gasteiger partial charge in [-0.25, -0.2) is 0 Å². The Morgan fingerprint density at radius 1 is 1.14 bits per heavy atom. The number of carbonyl (C=O) groups excluding carboxylic acids is 3. The maximum atomic E-state index is 12.8. The van der Waals surface area contributed by atoms with Crippen LogP contribution in [0.1, 0.15) is 39.5 Å². The highest BCUT2D eigenvalue weighted by atomic mass is 79.9. The van der Waals surface area contributed by atoms with Gasteiger partial charge in [0.1, 0.15) is 5.92 Å². The Kier molecular flexibility index (Phi) is 6.75. The molecule has 0 radical (unpaired) electrons. The van der Waals surface area contributed by atoms with Crippen LogP contribution in [0.25, 0.3) is 0 Å². The third-order valence-electron chi connectivity index (χ3n) is 5.44. The van der Waals surface area contributed by atoms with Crippen LogP contribution < -0.4 is 10.2 Å². The number of nitrogens with one attached hydrogen (secondary N) is 1. The quantitative estimate of drug-likeness (QED) is 0.702. The Bertz CT molecular complexity index is 744. The number of halogens is 1. The van der Waals surface area contributed by atoms with Gasteiger partial charge < -0.3 is 15.1 Å². The van der Waals surface area contributed by atoms with Crippen molar-refractivity contribution >= 4 is 39.3 Å². The highest BCUT2D eigenvalue weighted by Crippen LogP contribution is 2.31. The summed E-state index contributed by atoms with van der Waals surface area (Å²) in [5.74, 6) is -0.422. The van der Waals surface area contributed by atoms with E-state index in [-0.39, 0.29) is 23.8 Å². The first-order chi connectivity index (χ1) is 13.4. The highest BCUT2D eigenvalue weighted by Gasteiger charge is 2.39. The van der Waals surface area contributed by atoms with E-state index in [9.17, 15) is 14.4 Å². The van der Waals surface area contributed by atoms with Crippen LogP contribution in [0.2, 0.25) is 0 Å². The molecule has 6 nitrogen and oxygen atoms in total. The predicted molar refractivity (Wildman–Crippen MR) is 112 cm³/mol. The molecule has 0 spiro atoms. The third-order valence-corrected chi connectivity index (χ3v) is 6.11. The second-order valence-corrected chi connectivity index (χ2v) is 8.90. The van der Waals surface area contributed by atoms with E-state index in [2.05, 4.69) is 21.2 Å². The van der Waals surface area contributed by atoms with Gasteiger partial charge in [0.15, 0.2) is 0 Å². The van der Waals surface area contributed by atoms with E-state index >= 15 is 0 Å². The lowest BCUT2D eigenvalue weighted by Gasteiger charge is -2.33. The summed E-state index contributed by atoms with van der Waals surface area (Å²) in [5.41, 5.74) is 0.805. The lowest BCUT2D eigenvalue weighted by Crippen LogP contribution is -2.48. The van der Waals surface area contributed by atoms with E-state index in [1.54, 1.807) is 4.90 Å². The third kappa shape index (κ3) is 4.74. The molecule has 1 aromatic rings. The van der Waals surface area contributed by atoms with E-state index in [0.29, 0.717) is 38.4 Å². The number of para-hydroxylation sites is 1. The second-order valence-electron chi connectivity index (χ2n) is 8.04. The summed E-state index contributed by atoms with van der Waals surface area (Å²) in [5, 5.41) is 3.04. The SMILES string of the molecule is CC(C)CC(=O)N1CCC(NC(=O)C2CCN(c3ccccc3Br)C2=O)CC1. The summed E-state index contributed by atoms with van der Waals surface area (Å²) < 4.78 is 0.850. The van der Waals surface area contributed by atoms with Crippen LogP contribution in [-0.2, 0) is 14.4 Å². The number of likely N-dealkylation sites (tertiary alicyclic amines) is 1. The van der Waals surface area contributed by atoms with Crippen molar-refractivity contribution in [2.45, 2.75) is 45.6 Å². The first kappa shape index (κ1) is 20.8. The van der Waals surface area contributed by atoms with Crippen molar-refractivity contribution in [3.05, 3.63) is 28.7 Å². The number of piperidine rings is 1. The molecule has 28 heavy (non-hydrogen) atoms. The number of nitrogens with zero attached hydrogens (tertiary/aromatic N) is 2. The van der Waals surface area contributed by atoms with Crippen molar-refractivity contribution < 1.29 is 14.4 Å². The van der Waals surface area contributed by atoms with Crippen molar-refractivity contribution in [2.75, 3.05) is 24.5 Å². The normalized spacial score (nSPS) is 20.7. The molecule has 1 N–H and O–H groups in total. The summed E-state index contributed by atoms with van der Waals surface area (Å²) in [4.78, 5) is 41.2. The fraction of sp³-hybridized carbons (Fsp3) is 0.571. The van der Waals surface area contributed by atoms with Gasteiger partial charge in [-0.05, 0) is 53.2 Å². The smallest absolute Gasteiger partial charge is 0.239 e. The van der Waals surface area contributed by atoms with Crippen molar-refractivity contribution in [1.82, 2.24) is 10.2 Å². The molecule has 7 heteroatoms. The average molecular weight is 450 g/mol. The zero-order valence-corrected chi connectivity index (χ0v) is 18.1. The number of anilines is 1. The van der Waals surface area contributed by atoms with Crippen LogP contribution in [0, 0.1) is 11.8 Å². The molecule has 0 aliphatic carbocycles. The molecule has 1 unspecified atom stereocenters. The molecule has 2 aliphatic heterocycles. The van der Waals surface area contributed by atoms with Crippen molar-refractivity contribution in [2.24, 2.45) is 11.8 Å². The topological polar surface area (TPSA) is 69.7 Å². The van der Waals surface area contributed by atoms with Gasteiger partial charge in [-0.1, -0.05) is 26.0 Å². The minimum absolute atomic E-state index is 0.0286. The molecular formula is C21H28BrN3O3. The van der Waals surface area contributed by atoms with Crippen LogP contribution in [0.15, 0.2) is 28.7 Å². The van der Waals surface area contributed by atoms with Crippen molar-refractivity contribution in [1.29, 1.82) is 0 Å². The standard InChI is InChI=1S/C21H28BrN3O3/c1-14(2)13-19(26)24-10-7-15(8-11-24)23-20(27)16-9-12-25(21(16)28)18-6-4-3-5-17(18)22/h3-6,14-16H,7-13H2,1-2H3,(H,23,27). The number of hydrogen-bond acceptors (Lipinski definition) is 3. The lowest BCUT2D eigenvalue weighted by atomic mass is 10.0. The Hall–Kier alpha value is -1.89. The molecule has 2 heterocycles. The zero-order valence-electron chi connectivity index (χ0n) is 16.5. The Labute approximate surface area is 174 Å². The van der Waals surface area contributed by atoms with E-state index in [1.807, 2.05) is 43.0 Å². The number of benzene rings is 1. The Morgan fingerprint density at radius 3 is 2.46 bits per heavy atom. The van der Waals surface area contributed by atoms with Crippen LogP contribution in [0.5, 0.6) is 0 Å². The number of carbonyl (C=O) groups is 3. The molecule has 152 valence electrons. The van der Waals surface area contributed by atoms with Gasteiger partial charge in [0, 0.05) is 36.6 Å². The molecular weight excluding hydrogens is 422 g/mol. The Balaban J connectivity index is 1.52. The predicted octanol–water partition coefficient (Wildman–Crippen LogP) is 2.96. The average Bonchev–Trinajstić information content (AvgIpc) is 3.03. The van der Waals surface area contributed by atoms with Crippen molar-refractivity contribution in [3.63, 3.8) is 0 Å². The molecule has 1 atom stereocenters. The largest absolute Gasteiger partial charge is 0.353 e. The molecule has 2 aliphatic rings. The van der Waals surface area contributed by atoms with E-state index in [4.69, 9.17) is 0 Å². The summed E-state index contributed by atoms with van der Waals surface area (Å²) in [7, 11) is 0. The van der Waals surface area contributed by atoms with Gasteiger partial charge in [0.2, 0.25) is 17.7 Å². The summed E-state index contributed by atoms with van der Waals surface area (Å²) in [6.07, 6.45) is 2.57. The molecule has 0 aromatic heterocycles. The van der Waals surface area contributed by atoms with Crippen LogP contribution in [0.3, 0.4) is 0 Å². The molecule has 1 aromatic carbocycles. The van der Waals surface area contributed by atoms with E-state index in [1.165, 1.54) is 0 Å². The molecule has 3 rings (SSSR count). The van der Waals surface area contributed by atoms with Crippen LogP contribution in [-0.4, -0.2) is 48.3 Å². The zero-order chi connectivity index (χ0) is 20.3. The fourth-order valence-electron chi connectivity index (χ4n) is 3.89. The highest BCUT2D eigenvalue weighted by molar-refractivity contribution is 9.10. The maximum absolute atomic E-state index is 12.8. The first-order valence-electron chi connectivity index (χ1n) is 10.0. The summed E-state index contributed by atoms with van der Waals surface area (Å²) in [6.45, 7) is 5.96.